The molecule has 0 radical (unpaired) electrons. The van der Waals surface area contributed by atoms with Gasteiger partial charge in [-0.3, -0.25) is 14.4 Å². The second-order valence-electron chi connectivity index (χ2n) is 10.3. The van der Waals surface area contributed by atoms with Gasteiger partial charge in [-0.25, -0.2) is 4.79 Å². The number of carboxylic acid groups (broad SMARTS) is 1. The molecule has 0 spiro atoms. The van der Waals surface area contributed by atoms with Crippen molar-refractivity contribution in [2.75, 3.05) is 12.6 Å². The molecule has 7 N–H and O–H groups in total. The number of nitrogens with two attached hydrogens (primary N) is 1. The number of carbonyl (C=O) groups is 4. The maximum absolute atomic E-state index is 13.3. The molecule has 1 aliphatic heterocycles. The van der Waals surface area contributed by atoms with E-state index in [1.165, 1.54) is 37.3 Å². The highest BCUT2D eigenvalue weighted by atomic mass is 16.7. The van der Waals surface area contributed by atoms with Crippen LogP contribution in [0.3, 0.4) is 0 Å². The van der Waals surface area contributed by atoms with Gasteiger partial charge in [-0.05, 0) is 54.3 Å². The van der Waals surface area contributed by atoms with Crippen molar-refractivity contribution >= 4 is 29.6 Å². The molecule has 226 valence electrons. The van der Waals surface area contributed by atoms with E-state index in [2.05, 4.69) is 10.6 Å². The van der Waals surface area contributed by atoms with Crippen molar-refractivity contribution in [3.05, 3.63) is 76.4 Å². The van der Waals surface area contributed by atoms with Crippen LogP contribution >= 0.6 is 0 Å². The molecule has 2 aromatic carbocycles. The number of Topliss-reactive ketones (excluding diaryl/α,β-unsaturated/α-hetero) is 1. The van der Waals surface area contributed by atoms with Crippen molar-refractivity contribution in [2.24, 2.45) is 5.92 Å². The highest BCUT2D eigenvalue weighted by Crippen LogP contribution is 2.33. The van der Waals surface area contributed by atoms with Crippen molar-refractivity contribution in [2.45, 2.75) is 39.3 Å². The Morgan fingerprint density at radius 3 is 2.28 bits per heavy atom. The fraction of sp³-hybridized carbons (Fsp3) is 0.267. The van der Waals surface area contributed by atoms with E-state index in [-0.39, 0.29) is 29.9 Å². The first-order chi connectivity index (χ1) is 20.4. The predicted octanol–water partition coefficient (Wildman–Crippen LogP) is 2.63. The number of benzene rings is 2. The molecule has 1 aliphatic rings. The summed E-state index contributed by atoms with van der Waals surface area (Å²) < 4.78 is 11.2. The van der Waals surface area contributed by atoms with Gasteiger partial charge in [0.15, 0.2) is 17.3 Å². The number of rotatable bonds is 11. The number of ether oxygens (including phenoxy) is 2. The smallest absolute Gasteiger partial charge is 0.335 e. The van der Waals surface area contributed by atoms with E-state index in [1.807, 2.05) is 0 Å². The number of carboxylic acids is 1. The van der Waals surface area contributed by atoms with Crippen LogP contribution in [0.2, 0.25) is 0 Å². The molecule has 2 heterocycles. The van der Waals surface area contributed by atoms with Gasteiger partial charge in [0.1, 0.15) is 0 Å². The van der Waals surface area contributed by atoms with Crippen molar-refractivity contribution in [3.63, 3.8) is 0 Å². The molecule has 0 aliphatic carbocycles. The van der Waals surface area contributed by atoms with Gasteiger partial charge in [-0.1, -0.05) is 32.0 Å². The van der Waals surface area contributed by atoms with E-state index >= 15 is 0 Å². The first-order valence-electron chi connectivity index (χ1n) is 13.3. The number of nitrogen functional groups attached to an aromatic ring is 1. The van der Waals surface area contributed by atoms with Crippen LogP contribution in [0.25, 0.3) is 6.08 Å². The lowest BCUT2D eigenvalue weighted by Crippen LogP contribution is -2.45. The first-order valence-corrected chi connectivity index (χ1v) is 13.3. The number of aromatic hydroxyl groups is 2. The van der Waals surface area contributed by atoms with Crippen LogP contribution in [0.5, 0.6) is 23.3 Å². The molecule has 2 atom stereocenters. The highest BCUT2D eigenvalue weighted by Gasteiger charge is 2.33. The van der Waals surface area contributed by atoms with Crippen LogP contribution < -0.4 is 25.9 Å². The number of aromatic carboxylic acids is 1. The summed E-state index contributed by atoms with van der Waals surface area (Å²) in [5.74, 6) is 2.25. The Bertz CT molecular complexity index is 1570. The molecule has 1 unspecified atom stereocenters. The van der Waals surface area contributed by atoms with Gasteiger partial charge < -0.3 is 41.3 Å². The Hall–Kier alpha value is -5.46. The quantitative estimate of drug-likeness (QED) is 0.109. The van der Waals surface area contributed by atoms with E-state index in [0.717, 1.165) is 0 Å². The summed E-state index contributed by atoms with van der Waals surface area (Å²) >= 11 is 0. The minimum atomic E-state index is -1.13. The maximum Gasteiger partial charge on any atom is 0.335 e. The second kappa shape index (κ2) is 12.6. The largest absolute Gasteiger partial charge is 0.493 e. The van der Waals surface area contributed by atoms with Crippen LogP contribution in [0.4, 0.5) is 0 Å². The molecule has 1 aromatic heterocycles. The van der Waals surface area contributed by atoms with E-state index in [1.54, 1.807) is 38.1 Å². The fourth-order valence-corrected chi connectivity index (χ4v) is 4.60. The van der Waals surface area contributed by atoms with Crippen molar-refractivity contribution in [1.82, 2.24) is 15.3 Å². The molecule has 43 heavy (non-hydrogen) atoms. The molecule has 0 bridgehead atoms. The summed E-state index contributed by atoms with van der Waals surface area (Å²) in [6, 6.07) is 8.86. The minimum Gasteiger partial charge on any atom is -0.493 e. The molecule has 0 saturated carbocycles. The fourth-order valence-electron chi connectivity index (χ4n) is 4.60. The van der Waals surface area contributed by atoms with E-state index < -0.39 is 53.3 Å². The van der Waals surface area contributed by atoms with Crippen LogP contribution in [0.1, 0.15) is 63.7 Å². The number of carbonyl (C=O) groups excluding carboxylic acids is 3. The standard InChI is InChI=1S/C30H32N4O9/c1-15(2)26(27(37)25-16(3)28(38)34(31)29(25)39)33-24(36)13-20(18-6-8-19(9-7-18)30(40)41)32-23(35)11-5-17-4-10-21-22(12-17)43-14-42-21/h4-12,15,20,26,38-39H,13-14,31H2,1-3H3,(H,32,35)(H,33,36)(H,40,41)/t20?,26-/m0/s1. The third-order valence-electron chi connectivity index (χ3n) is 6.99. The highest BCUT2D eigenvalue weighted by molar-refractivity contribution is 6.05. The summed E-state index contributed by atoms with van der Waals surface area (Å²) in [4.78, 5) is 50.9. The van der Waals surface area contributed by atoms with E-state index in [4.69, 9.17) is 15.3 Å². The monoisotopic (exact) mass is 592 g/mol. The van der Waals surface area contributed by atoms with Crippen LogP contribution in [0, 0.1) is 12.8 Å². The van der Waals surface area contributed by atoms with Gasteiger partial charge in [0, 0.05) is 11.6 Å². The summed E-state index contributed by atoms with van der Waals surface area (Å²) in [5, 5.41) is 35.0. The number of hydrogen-bond acceptors (Lipinski definition) is 9. The topological polar surface area (TPSA) is 202 Å². The van der Waals surface area contributed by atoms with E-state index in [9.17, 15) is 34.5 Å². The van der Waals surface area contributed by atoms with E-state index in [0.29, 0.717) is 27.3 Å². The molecule has 0 fully saturated rings. The van der Waals surface area contributed by atoms with Gasteiger partial charge in [0.05, 0.1) is 29.6 Å². The molecule has 0 saturated heterocycles. The summed E-state index contributed by atoms with van der Waals surface area (Å²) in [5.41, 5.74) is 0.992. The van der Waals surface area contributed by atoms with Gasteiger partial charge in [0.2, 0.25) is 30.4 Å². The number of nitrogens with one attached hydrogen (secondary N) is 2. The number of amides is 2. The zero-order valence-corrected chi connectivity index (χ0v) is 23.7. The van der Waals surface area contributed by atoms with Crippen molar-refractivity contribution in [1.29, 1.82) is 0 Å². The predicted molar refractivity (Wildman–Crippen MR) is 154 cm³/mol. The van der Waals surface area contributed by atoms with Crippen molar-refractivity contribution < 1.29 is 44.0 Å². The second-order valence-corrected chi connectivity index (χ2v) is 10.3. The maximum atomic E-state index is 13.3. The molecular weight excluding hydrogens is 560 g/mol. The van der Waals surface area contributed by atoms with Gasteiger partial charge in [0.25, 0.3) is 0 Å². The zero-order valence-electron chi connectivity index (χ0n) is 23.7. The Morgan fingerprint density at radius 2 is 1.67 bits per heavy atom. The molecule has 2 amide bonds. The number of hydrogen-bond donors (Lipinski definition) is 6. The van der Waals surface area contributed by atoms with Crippen molar-refractivity contribution in [3.8, 4) is 23.3 Å². The van der Waals surface area contributed by atoms with Gasteiger partial charge in [-0.15, -0.1) is 0 Å². The summed E-state index contributed by atoms with van der Waals surface area (Å²) in [7, 11) is 0. The van der Waals surface area contributed by atoms with Gasteiger partial charge >= 0.3 is 5.97 Å². The van der Waals surface area contributed by atoms with Gasteiger partial charge in [-0.2, -0.15) is 4.68 Å². The number of nitrogens with zero attached hydrogens (tertiary/aromatic N) is 1. The van der Waals surface area contributed by atoms with Crippen LogP contribution in [-0.2, 0) is 9.59 Å². The zero-order chi connectivity index (χ0) is 31.4. The third-order valence-corrected chi connectivity index (χ3v) is 6.99. The molecule has 13 nitrogen and oxygen atoms in total. The molecule has 13 heteroatoms. The summed E-state index contributed by atoms with van der Waals surface area (Å²) in [6.07, 6.45) is 2.54. The normalized spacial score (nSPS) is 13.6. The average molecular weight is 593 g/mol. The number of ketones is 1. The number of aromatic nitrogens is 1. The van der Waals surface area contributed by atoms with Crippen LogP contribution in [0.15, 0.2) is 48.5 Å². The average Bonchev–Trinajstić information content (AvgIpc) is 3.52. The first kappa shape index (κ1) is 30.5. The lowest BCUT2D eigenvalue weighted by Gasteiger charge is -2.24. The summed E-state index contributed by atoms with van der Waals surface area (Å²) in [6.45, 7) is 4.91. The SMILES string of the molecule is Cc1c(C(=O)[C@@H](NC(=O)CC(NC(=O)C=Cc2ccc3c(c2)OCO3)c2ccc(C(=O)O)cc2)C(C)C)c(O)n(N)c1O. The lowest BCUT2D eigenvalue weighted by atomic mass is 9.93. The Balaban J connectivity index is 1.53. The Labute approximate surface area is 246 Å². The molecule has 4 rings (SSSR count). The number of fused-ring (bicyclic) bond motifs is 1. The Morgan fingerprint density at radius 1 is 1.00 bits per heavy atom. The lowest BCUT2D eigenvalue weighted by molar-refractivity contribution is -0.123. The Kier molecular flexibility index (Phi) is 8.93. The molecular formula is C30H32N4O9. The minimum absolute atomic E-state index is 0.0247. The third kappa shape index (κ3) is 6.72. The molecule has 3 aromatic rings. The van der Waals surface area contributed by atoms with Crippen LogP contribution in [-0.4, -0.2) is 56.4 Å².